The van der Waals surface area contributed by atoms with E-state index >= 15 is 0 Å². The average molecular weight is 274 g/mol. The third kappa shape index (κ3) is 2.36. The molecule has 0 N–H and O–H groups in total. The van der Waals surface area contributed by atoms with E-state index in [4.69, 9.17) is 0 Å². The van der Waals surface area contributed by atoms with E-state index in [2.05, 4.69) is 50.2 Å². The summed E-state index contributed by atoms with van der Waals surface area (Å²) in [6.07, 6.45) is 0.981. The Morgan fingerprint density at radius 2 is 1.52 bits per heavy atom. The van der Waals surface area contributed by atoms with E-state index in [0.29, 0.717) is 0 Å². The average Bonchev–Trinajstić information content (AvgIpc) is 2.44. The molecule has 0 aliphatic rings. The zero-order valence-electron chi connectivity index (χ0n) is 12.6. The van der Waals surface area contributed by atoms with Gasteiger partial charge < -0.3 is 0 Å². The van der Waals surface area contributed by atoms with Crippen molar-refractivity contribution in [2.24, 2.45) is 0 Å². The minimum Gasteiger partial charge on any atom is -0.298 e. The van der Waals surface area contributed by atoms with Gasteiger partial charge in [0.15, 0.2) is 6.29 Å². The topological polar surface area (TPSA) is 17.1 Å². The highest BCUT2D eigenvalue weighted by Crippen LogP contribution is 2.34. The highest BCUT2D eigenvalue weighted by Gasteiger charge is 2.13. The van der Waals surface area contributed by atoms with Gasteiger partial charge in [0.05, 0.1) is 0 Å². The number of hydrogen-bond donors (Lipinski definition) is 0. The molecule has 1 heteroatoms. The fraction of sp³-hybridized carbons (Fsp3) is 0.150. The lowest BCUT2D eigenvalue weighted by Gasteiger charge is -2.14. The lowest BCUT2D eigenvalue weighted by molar-refractivity contribution is 0.112. The maximum Gasteiger partial charge on any atom is 0.150 e. The predicted molar refractivity (Wildman–Crippen MR) is 89.0 cm³/mol. The summed E-state index contributed by atoms with van der Waals surface area (Å²) in [7, 11) is 0. The van der Waals surface area contributed by atoms with Crippen molar-refractivity contribution in [1.82, 2.24) is 0 Å². The molecule has 0 bridgehead atoms. The molecule has 0 aliphatic heterocycles. The zero-order chi connectivity index (χ0) is 15.0. The smallest absolute Gasteiger partial charge is 0.150 e. The van der Waals surface area contributed by atoms with Gasteiger partial charge in [-0.2, -0.15) is 0 Å². The summed E-state index contributed by atoms with van der Waals surface area (Å²) in [5.41, 5.74) is 6.42. The van der Waals surface area contributed by atoms with Gasteiger partial charge in [0, 0.05) is 11.1 Å². The molecule has 0 saturated carbocycles. The molecule has 3 rings (SSSR count). The first-order valence-electron chi connectivity index (χ1n) is 7.16. The Balaban J connectivity index is 2.46. The van der Waals surface area contributed by atoms with E-state index in [1.165, 1.54) is 16.5 Å². The van der Waals surface area contributed by atoms with Gasteiger partial charge in [0.25, 0.3) is 0 Å². The van der Waals surface area contributed by atoms with Crippen LogP contribution in [0.5, 0.6) is 0 Å². The van der Waals surface area contributed by atoms with Crippen LogP contribution in [0, 0.1) is 20.8 Å². The summed E-state index contributed by atoms with van der Waals surface area (Å²) in [5.74, 6) is 0. The lowest BCUT2D eigenvalue weighted by atomic mass is 9.89. The highest BCUT2D eigenvalue weighted by atomic mass is 16.1. The molecule has 0 saturated heterocycles. The van der Waals surface area contributed by atoms with Crippen LogP contribution in [0.25, 0.3) is 21.9 Å². The van der Waals surface area contributed by atoms with E-state index in [0.717, 1.165) is 33.9 Å². The standard InChI is InChI=1S/C20H18O/c1-13-8-14(2)10-17(9-13)20-18-7-5-4-6-16(18)11-15(3)19(20)12-21/h4-12H,1-3H3. The van der Waals surface area contributed by atoms with Crippen molar-refractivity contribution < 1.29 is 4.79 Å². The Hall–Kier alpha value is -2.41. The monoisotopic (exact) mass is 274 g/mol. The van der Waals surface area contributed by atoms with Crippen LogP contribution in [0.2, 0.25) is 0 Å². The Morgan fingerprint density at radius 1 is 0.857 bits per heavy atom. The number of benzene rings is 3. The Labute approximate surface area is 125 Å². The number of rotatable bonds is 2. The largest absolute Gasteiger partial charge is 0.298 e. The van der Waals surface area contributed by atoms with Crippen LogP contribution in [0.15, 0.2) is 48.5 Å². The number of aldehydes is 1. The van der Waals surface area contributed by atoms with Gasteiger partial charge >= 0.3 is 0 Å². The Morgan fingerprint density at radius 3 is 2.19 bits per heavy atom. The molecule has 0 fully saturated rings. The predicted octanol–water partition coefficient (Wildman–Crippen LogP) is 5.24. The van der Waals surface area contributed by atoms with Crippen molar-refractivity contribution in [3.05, 3.63) is 70.8 Å². The molecule has 0 aliphatic carbocycles. The van der Waals surface area contributed by atoms with E-state index in [1.807, 2.05) is 19.1 Å². The Bertz CT molecular complexity index is 824. The van der Waals surface area contributed by atoms with Crippen molar-refractivity contribution in [2.45, 2.75) is 20.8 Å². The van der Waals surface area contributed by atoms with Crippen LogP contribution in [-0.4, -0.2) is 6.29 Å². The summed E-state index contributed by atoms with van der Waals surface area (Å²) in [6, 6.07) is 16.8. The fourth-order valence-corrected chi connectivity index (χ4v) is 3.09. The van der Waals surface area contributed by atoms with Gasteiger partial charge in [-0.15, -0.1) is 0 Å². The second-order valence-electron chi connectivity index (χ2n) is 5.70. The van der Waals surface area contributed by atoms with Crippen molar-refractivity contribution >= 4 is 17.1 Å². The van der Waals surface area contributed by atoms with Gasteiger partial charge in [-0.1, -0.05) is 59.7 Å². The van der Waals surface area contributed by atoms with Gasteiger partial charge in [0.2, 0.25) is 0 Å². The molecule has 3 aromatic carbocycles. The van der Waals surface area contributed by atoms with E-state index in [-0.39, 0.29) is 0 Å². The second kappa shape index (κ2) is 5.17. The minimum absolute atomic E-state index is 0.790. The summed E-state index contributed by atoms with van der Waals surface area (Å²) in [4.78, 5) is 11.6. The van der Waals surface area contributed by atoms with Crippen LogP contribution in [-0.2, 0) is 0 Å². The zero-order valence-corrected chi connectivity index (χ0v) is 12.6. The van der Waals surface area contributed by atoms with E-state index in [1.54, 1.807) is 0 Å². The first kappa shape index (κ1) is 13.6. The van der Waals surface area contributed by atoms with Crippen LogP contribution in [0.3, 0.4) is 0 Å². The normalized spacial score (nSPS) is 10.8. The van der Waals surface area contributed by atoms with E-state index in [9.17, 15) is 4.79 Å². The number of carbonyl (C=O) groups is 1. The number of hydrogen-bond acceptors (Lipinski definition) is 1. The number of carbonyl (C=O) groups excluding carboxylic acids is 1. The maximum atomic E-state index is 11.6. The van der Waals surface area contributed by atoms with Gasteiger partial charge in [-0.3, -0.25) is 4.79 Å². The Kier molecular flexibility index (Phi) is 3.34. The first-order valence-corrected chi connectivity index (χ1v) is 7.16. The van der Waals surface area contributed by atoms with Crippen LogP contribution >= 0.6 is 0 Å². The number of aryl methyl sites for hydroxylation is 3. The highest BCUT2D eigenvalue weighted by molar-refractivity contribution is 6.05. The molecular formula is C20H18O. The third-order valence-electron chi connectivity index (χ3n) is 3.92. The van der Waals surface area contributed by atoms with E-state index < -0.39 is 0 Å². The molecule has 0 radical (unpaired) electrons. The van der Waals surface area contributed by atoms with Crippen LogP contribution < -0.4 is 0 Å². The maximum absolute atomic E-state index is 11.6. The molecule has 0 heterocycles. The molecule has 0 atom stereocenters. The van der Waals surface area contributed by atoms with Crippen molar-refractivity contribution in [1.29, 1.82) is 0 Å². The quantitative estimate of drug-likeness (QED) is 0.584. The molecule has 104 valence electrons. The SMILES string of the molecule is Cc1cc(C)cc(-c2c(C=O)c(C)cc3ccccc23)c1. The second-order valence-corrected chi connectivity index (χ2v) is 5.70. The molecule has 1 nitrogen and oxygen atoms in total. The van der Waals surface area contributed by atoms with Crippen molar-refractivity contribution in [3.63, 3.8) is 0 Å². The molecule has 0 unspecified atom stereocenters. The fourth-order valence-electron chi connectivity index (χ4n) is 3.09. The summed E-state index contributed by atoms with van der Waals surface area (Å²) in [6.45, 7) is 6.19. The van der Waals surface area contributed by atoms with Gasteiger partial charge in [-0.05, 0) is 42.7 Å². The van der Waals surface area contributed by atoms with Crippen LogP contribution in [0.1, 0.15) is 27.0 Å². The summed E-state index contributed by atoms with van der Waals surface area (Å²) < 4.78 is 0. The summed E-state index contributed by atoms with van der Waals surface area (Å²) in [5, 5.41) is 2.31. The van der Waals surface area contributed by atoms with Crippen molar-refractivity contribution in [3.8, 4) is 11.1 Å². The third-order valence-corrected chi connectivity index (χ3v) is 3.92. The molecule has 21 heavy (non-hydrogen) atoms. The minimum atomic E-state index is 0.790. The lowest BCUT2D eigenvalue weighted by Crippen LogP contribution is -1.95. The summed E-state index contributed by atoms with van der Waals surface area (Å²) >= 11 is 0. The van der Waals surface area contributed by atoms with Gasteiger partial charge in [0.1, 0.15) is 0 Å². The van der Waals surface area contributed by atoms with Crippen LogP contribution in [0.4, 0.5) is 0 Å². The van der Waals surface area contributed by atoms with Gasteiger partial charge in [-0.25, -0.2) is 0 Å². The van der Waals surface area contributed by atoms with Crippen molar-refractivity contribution in [2.75, 3.05) is 0 Å². The molecule has 3 aromatic rings. The molecule has 0 spiro atoms. The molecular weight excluding hydrogens is 256 g/mol. The molecule has 0 aromatic heterocycles. The number of fused-ring (bicyclic) bond motifs is 1. The molecule has 0 amide bonds. The first-order chi connectivity index (χ1) is 10.1.